The minimum absolute atomic E-state index is 0.0592. The quantitative estimate of drug-likeness (QED) is 0.637. The van der Waals surface area contributed by atoms with E-state index < -0.39 is 10.0 Å². The Kier molecular flexibility index (Phi) is 6.57. The van der Waals surface area contributed by atoms with E-state index in [9.17, 15) is 13.2 Å². The predicted octanol–water partition coefficient (Wildman–Crippen LogP) is 4.04. The summed E-state index contributed by atoms with van der Waals surface area (Å²) in [7, 11) is -3.74. The monoisotopic (exact) mass is 492 g/mol. The first-order valence-corrected chi connectivity index (χ1v) is 12.5. The van der Waals surface area contributed by atoms with Crippen molar-refractivity contribution in [2.75, 3.05) is 18.5 Å². The zero-order chi connectivity index (χ0) is 21.1. The van der Waals surface area contributed by atoms with Gasteiger partial charge in [0.05, 0.1) is 16.6 Å². The summed E-state index contributed by atoms with van der Waals surface area (Å²) in [5.74, 6) is -0.336. The molecule has 2 aliphatic rings. The second kappa shape index (κ2) is 9.18. The van der Waals surface area contributed by atoms with Crippen molar-refractivity contribution >= 4 is 37.5 Å². The van der Waals surface area contributed by atoms with Gasteiger partial charge in [0.2, 0.25) is 10.0 Å². The van der Waals surface area contributed by atoms with Gasteiger partial charge in [-0.2, -0.15) is 0 Å². The summed E-state index contributed by atoms with van der Waals surface area (Å²) in [4.78, 5) is 13.0. The first-order valence-electron chi connectivity index (χ1n) is 10.3. The number of sulfonamides is 1. The molecule has 1 heterocycles. The van der Waals surface area contributed by atoms with E-state index in [1.54, 1.807) is 6.07 Å². The first kappa shape index (κ1) is 21.5. The van der Waals surface area contributed by atoms with Gasteiger partial charge >= 0.3 is 0 Å². The first-order chi connectivity index (χ1) is 14.4. The van der Waals surface area contributed by atoms with E-state index in [0.717, 1.165) is 44.2 Å². The largest absolute Gasteiger partial charge is 0.377 e. The molecule has 1 aliphatic heterocycles. The van der Waals surface area contributed by atoms with Crippen LogP contribution in [0.2, 0.25) is 0 Å². The second-order valence-electron chi connectivity index (χ2n) is 7.73. The van der Waals surface area contributed by atoms with E-state index in [2.05, 4.69) is 32.0 Å². The van der Waals surface area contributed by atoms with Gasteiger partial charge in [-0.15, -0.1) is 0 Å². The zero-order valence-electron chi connectivity index (χ0n) is 16.6. The lowest BCUT2D eigenvalue weighted by Gasteiger charge is -2.20. The van der Waals surface area contributed by atoms with Crippen LogP contribution in [0.4, 0.5) is 5.69 Å². The molecular weight excluding hydrogens is 468 g/mol. The van der Waals surface area contributed by atoms with Crippen molar-refractivity contribution in [3.8, 4) is 0 Å². The second-order valence-corrected chi connectivity index (χ2v) is 10.4. The molecule has 8 heteroatoms. The van der Waals surface area contributed by atoms with Crippen molar-refractivity contribution < 1.29 is 17.9 Å². The van der Waals surface area contributed by atoms with Gasteiger partial charge in [-0.1, -0.05) is 12.1 Å². The van der Waals surface area contributed by atoms with Gasteiger partial charge in [0.25, 0.3) is 5.91 Å². The van der Waals surface area contributed by atoms with Gasteiger partial charge in [0, 0.05) is 23.3 Å². The third-order valence-electron chi connectivity index (χ3n) is 5.66. The Morgan fingerprint density at radius 3 is 2.77 bits per heavy atom. The van der Waals surface area contributed by atoms with Gasteiger partial charge in [-0.05, 0) is 89.8 Å². The van der Waals surface area contributed by atoms with E-state index >= 15 is 0 Å². The third-order valence-corrected chi connectivity index (χ3v) is 7.77. The Morgan fingerprint density at radius 2 is 1.97 bits per heavy atom. The maximum atomic E-state index is 13.0. The molecule has 2 N–H and O–H groups in total. The summed E-state index contributed by atoms with van der Waals surface area (Å²) >= 11 is 3.38. The number of halogens is 1. The molecule has 1 aliphatic carbocycles. The van der Waals surface area contributed by atoms with Crippen LogP contribution < -0.4 is 10.0 Å². The average Bonchev–Trinajstić information content (AvgIpc) is 3.26. The molecule has 160 valence electrons. The maximum absolute atomic E-state index is 13.0. The summed E-state index contributed by atoms with van der Waals surface area (Å²) in [6.07, 6.45) is 5.92. The number of carbonyl (C=O) groups is 1. The molecule has 30 heavy (non-hydrogen) atoms. The summed E-state index contributed by atoms with van der Waals surface area (Å²) in [6, 6.07) is 10.4. The molecule has 1 atom stereocenters. The Labute approximate surface area is 185 Å². The van der Waals surface area contributed by atoms with E-state index in [-0.39, 0.29) is 29.0 Å². The normalized spacial score (nSPS) is 18.8. The summed E-state index contributed by atoms with van der Waals surface area (Å²) < 4.78 is 34.0. The highest BCUT2D eigenvalue weighted by atomic mass is 79.9. The third kappa shape index (κ3) is 4.77. The lowest BCUT2D eigenvalue weighted by atomic mass is 9.90. The lowest BCUT2D eigenvalue weighted by molar-refractivity contribution is 0.102. The van der Waals surface area contributed by atoms with Crippen molar-refractivity contribution in [1.82, 2.24) is 4.72 Å². The number of ether oxygens (including phenoxy) is 1. The molecule has 4 rings (SSSR count). The SMILES string of the molecule is O=C(Nc1cccc2c1CCCC2)c1cc(S(=O)(=O)NCC2CCCO2)ccc1Br. The number of benzene rings is 2. The minimum Gasteiger partial charge on any atom is -0.377 e. The van der Waals surface area contributed by atoms with Crippen molar-refractivity contribution in [2.45, 2.75) is 49.5 Å². The van der Waals surface area contributed by atoms with Crippen LogP contribution >= 0.6 is 15.9 Å². The topological polar surface area (TPSA) is 84.5 Å². The molecule has 0 radical (unpaired) electrons. The van der Waals surface area contributed by atoms with Crippen LogP contribution in [0.15, 0.2) is 45.8 Å². The van der Waals surface area contributed by atoms with Crippen LogP contribution in [0.1, 0.15) is 47.2 Å². The number of carbonyl (C=O) groups excluding carboxylic acids is 1. The highest BCUT2D eigenvalue weighted by Gasteiger charge is 2.23. The van der Waals surface area contributed by atoms with E-state index in [1.807, 2.05) is 12.1 Å². The number of hydrogen-bond donors (Lipinski definition) is 2. The summed E-state index contributed by atoms with van der Waals surface area (Å²) in [5.41, 5.74) is 3.53. The number of anilines is 1. The predicted molar refractivity (Wildman–Crippen MR) is 119 cm³/mol. The molecular formula is C22H25BrN2O4S. The van der Waals surface area contributed by atoms with Gasteiger partial charge in [0.1, 0.15) is 0 Å². The molecule has 2 aromatic carbocycles. The smallest absolute Gasteiger partial charge is 0.256 e. The molecule has 1 fully saturated rings. The molecule has 0 bridgehead atoms. The number of rotatable bonds is 6. The Morgan fingerprint density at radius 1 is 1.13 bits per heavy atom. The molecule has 1 saturated heterocycles. The number of nitrogens with one attached hydrogen (secondary N) is 2. The fraction of sp³-hybridized carbons (Fsp3) is 0.409. The van der Waals surface area contributed by atoms with Crippen molar-refractivity contribution in [3.05, 3.63) is 57.6 Å². The van der Waals surface area contributed by atoms with Crippen LogP contribution in [0.3, 0.4) is 0 Å². The van der Waals surface area contributed by atoms with Crippen LogP contribution in [-0.4, -0.2) is 33.6 Å². The molecule has 0 saturated carbocycles. The minimum atomic E-state index is -3.74. The van der Waals surface area contributed by atoms with Crippen molar-refractivity contribution in [2.24, 2.45) is 0 Å². The van der Waals surface area contributed by atoms with Crippen LogP contribution in [0.25, 0.3) is 0 Å². The molecule has 6 nitrogen and oxygen atoms in total. The molecule has 2 aromatic rings. The summed E-state index contributed by atoms with van der Waals surface area (Å²) in [6.45, 7) is 0.897. The zero-order valence-corrected chi connectivity index (χ0v) is 19.0. The molecule has 1 unspecified atom stereocenters. The van der Waals surface area contributed by atoms with Crippen LogP contribution in [0, 0.1) is 0 Å². The molecule has 0 spiro atoms. The van der Waals surface area contributed by atoms with E-state index in [1.165, 1.54) is 23.3 Å². The summed E-state index contributed by atoms with van der Waals surface area (Å²) in [5, 5.41) is 2.98. The number of aryl methyl sites for hydroxylation is 1. The number of fused-ring (bicyclic) bond motifs is 1. The van der Waals surface area contributed by atoms with E-state index in [0.29, 0.717) is 11.1 Å². The lowest BCUT2D eigenvalue weighted by Crippen LogP contribution is -2.32. The van der Waals surface area contributed by atoms with Gasteiger partial charge in [-0.3, -0.25) is 4.79 Å². The fourth-order valence-corrected chi connectivity index (χ4v) is 5.54. The average molecular weight is 493 g/mol. The van der Waals surface area contributed by atoms with Crippen molar-refractivity contribution in [3.63, 3.8) is 0 Å². The van der Waals surface area contributed by atoms with Gasteiger partial charge in [-0.25, -0.2) is 13.1 Å². The maximum Gasteiger partial charge on any atom is 0.256 e. The molecule has 1 amide bonds. The Hall–Kier alpha value is -1.74. The van der Waals surface area contributed by atoms with Gasteiger partial charge in [0.15, 0.2) is 0 Å². The van der Waals surface area contributed by atoms with Gasteiger partial charge < -0.3 is 10.1 Å². The number of amides is 1. The fourth-order valence-electron chi connectivity index (χ4n) is 4.02. The Balaban J connectivity index is 1.53. The standard InChI is InChI=1S/C22H25BrN2O4S/c23-20-11-10-17(30(27,28)24-14-16-7-4-12-29-16)13-19(20)22(26)25-21-9-3-6-15-5-1-2-8-18(15)21/h3,6,9-11,13,16,24H,1-2,4-5,7-8,12,14H2,(H,25,26). The molecule has 0 aromatic heterocycles. The van der Waals surface area contributed by atoms with Crippen LogP contribution in [0.5, 0.6) is 0 Å². The van der Waals surface area contributed by atoms with Crippen molar-refractivity contribution in [1.29, 1.82) is 0 Å². The van der Waals surface area contributed by atoms with E-state index in [4.69, 9.17) is 4.74 Å². The Bertz CT molecular complexity index is 1050. The highest BCUT2D eigenvalue weighted by molar-refractivity contribution is 9.10. The number of hydrogen-bond acceptors (Lipinski definition) is 4. The highest BCUT2D eigenvalue weighted by Crippen LogP contribution is 2.29. The van der Waals surface area contributed by atoms with Crippen LogP contribution in [-0.2, 0) is 27.6 Å².